The fraction of sp³-hybridized carbons (Fsp3) is 0.514. The number of alkyl halides is 5. The summed E-state index contributed by atoms with van der Waals surface area (Å²) < 4.78 is 112. The number of likely N-dealkylation sites (tertiary alicyclic amines) is 1. The van der Waals surface area contributed by atoms with E-state index in [1.165, 1.54) is 0 Å². The Bertz CT molecular complexity index is 2230. The van der Waals surface area contributed by atoms with Gasteiger partial charge in [-0.25, -0.2) is 17.6 Å². The second kappa shape index (κ2) is 13.1. The highest BCUT2D eigenvalue weighted by Gasteiger charge is 2.51. The third kappa shape index (κ3) is 5.87. The van der Waals surface area contributed by atoms with E-state index in [-0.39, 0.29) is 88.9 Å². The Labute approximate surface area is 309 Å². The Morgan fingerprint density at radius 1 is 1.20 bits per heavy atom. The van der Waals surface area contributed by atoms with Gasteiger partial charge in [0, 0.05) is 54.5 Å². The molecule has 8 rings (SSSR count). The van der Waals surface area contributed by atoms with E-state index in [0.29, 0.717) is 30.7 Å². The van der Waals surface area contributed by atoms with E-state index in [1.54, 1.807) is 16.7 Å². The van der Waals surface area contributed by atoms with E-state index < -0.39 is 69.9 Å². The molecule has 6 atom stereocenters. The standard InChI is InChI=1S/C37H36F7N7O2S/c1-3-50(19-9-17(2)51(15-19)34(52)21-11-26(21)40)33-22-10-24(37(42,43)44)28(20-5-6-25(39)31-27(20)23(13-45)32(46)54-31)29(41)30(22)47-35(48-33)53-16-36-7-4-8-49(36)14-18(38)12-36/h5-6,10,17-19,21,26H,3-4,7-9,11-12,14-16,46H2,1-2H3/t17-,18+,19-,21+,26+,36-/m0/s1. The summed E-state index contributed by atoms with van der Waals surface area (Å²) in [6.45, 7) is 4.70. The van der Waals surface area contributed by atoms with Crippen LogP contribution in [0.4, 0.5) is 41.6 Å². The van der Waals surface area contributed by atoms with Gasteiger partial charge in [0.05, 0.1) is 27.3 Å². The normalized spacial score (nSPS) is 26.8. The highest BCUT2D eigenvalue weighted by molar-refractivity contribution is 7.23. The van der Waals surface area contributed by atoms with Crippen LogP contribution in [-0.2, 0) is 11.0 Å². The lowest BCUT2D eigenvalue weighted by Gasteiger charge is -2.32. The minimum Gasteiger partial charge on any atom is -0.461 e. The number of thiophene rings is 1. The van der Waals surface area contributed by atoms with Gasteiger partial charge in [0.25, 0.3) is 0 Å². The first-order chi connectivity index (χ1) is 25.7. The fourth-order valence-corrected chi connectivity index (χ4v) is 9.82. The zero-order valence-corrected chi connectivity index (χ0v) is 30.1. The van der Waals surface area contributed by atoms with Crippen molar-refractivity contribution in [2.75, 3.05) is 43.4 Å². The molecule has 2 N–H and O–H groups in total. The molecule has 0 unspecified atom stereocenters. The first kappa shape index (κ1) is 36.5. The zero-order chi connectivity index (χ0) is 38.4. The van der Waals surface area contributed by atoms with E-state index in [1.807, 2.05) is 17.9 Å². The van der Waals surface area contributed by atoms with Crippen molar-refractivity contribution in [2.45, 2.75) is 82.1 Å². The maximum atomic E-state index is 17.3. The lowest BCUT2D eigenvalue weighted by Crippen LogP contribution is -2.43. The number of amides is 1. The molecule has 2 aromatic carbocycles. The lowest BCUT2D eigenvalue weighted by molar-refractivity contribution is -0.137. The van der Waals surface area contributed by atoms with Crippen LogP contribution < -0.4 is 15.4 Å². The van der Waals surface area contributed by atoms with Gasteiger partial charge in [0.15, 0.2) is 5.82 Å². The first-order valence-corrected chi connectivity index (χ1v) is 18.7. The summed E-state index contributed by atoms with van der Waals surface area (Å²) in [6, 6.07) is 3.28. The van der Waals surface area contributed by atoms with Crippen LogP contribution in [0.15, 0.2) is 18.2 Å². The van der Waals surface area contributed by atoms with Crippen molar-refractivity contribution in [1.29, 1.82) is 5.26 Å². The third-order valence-corrected chi connectivity index (χ3v) is 12.6. The summed E-state index contributed by atoms with van der Waals surface area (Å²) >= 11 is 0.666. The molecule has 286 valence electrons. The Kier molecular flexibility index (Phi) is 8.87. The Hall–Kier alpha value is -4.43. The number of halogens is 7. The van der Waals surface area contributed by atoms with E-state index in [2.05, 4.69) is 9.97 Å². The highest BCUT2D eigenvalue weighted by atomic mass is 32.1. The number of anilines is 2. The van der Waals surface area contributed by atoms with Crippen LogP contribution in [0.5, 0.6) is 6.01 Å². The smallest absolute Gasteiger partial charge is 0.417 e. The molecule has 1 saturated carbocycles. The van der Waals surface area contributed by atoms with Gasteiger partial charge in [-0.2, -0.15) is 28.4 Å². The SMILES string of the molecule is CCN(c1nc(OC[C@@]23CCCN2C[C@H](F)C3)nc2c(F)c(-c3ccc(F)c4sc(N)c(C#N)c34)c(C(F)(F)F)cc12)[C@H]1C[C@H](C)N(C(=O)[C@@H]2C[C@H]2F)C1. The summed E-state index contributed by atoms with van der Waals surface area (Å²) in [5, 5.41) is 9.18. The monoisotopic (exact) mass is 775 g/mol. The van der Waals surface area contributed by atoms with Crippen molar-refractivity contribution >= 4 is 49.1 Å². The Balaban J connectivity index is 1.31. The number of nitrogen functional groups attached to an aromatic ring is 1. The largest absolute Gasteiger partial charge is 0.461 e. The van der Waals surface area contributed by atoms with E-state index in [4.69, 9.17) is 10.5 Å². The Morgan fingerprint density at radius 2 is 1.96 bits per heavy atom. The number of hydrogen-bond acceptors (Lipinski definition) is 9. The predicted octanol–water partition coefficient (Wildman–Crippen LogP) is 7.39. The average Bonchev–Trinajstić information content (AvgIpc) is 3.39. The number of hydrogen-bond donors (Lipinski definition) is 1. The van der Waals surface area contributed by atoms with Gasteiger partial charge in [-0.15, -0.1) is 11.3 Å². The van der Waals surface area contributed by atoms with E-state index >= 15 is 17.6 Å². The number of nitriles is 1. The highest BCUT2D eigenvalue weighted by Crippen LogP contribution is 2.49. The molecule has 3 aliphatic heterocycles. The van der Waals surface area contributed by atoms with Gasteiger partial charge in [-0.05, 0) is 63.8 Å². The second-order valence-electron chi connectivity index (χ2n) is 14.8. The number of fused-ring (bicyclic) bond motifs is 3. The number of benzene rings is 2. The number of aromatic nitrogens is 2. The molecule has 0 bridgehead atoms. The minimum atomic E-state index is -5.16. The molecular weight excluding hydrogens is 740 g/mol. The second-order valence-corrected chi connectivity index (χ2v) is 15.9. The van der Waals surface area contributed by atoms with Crippen molar-refractivity contribution in [2.24, 2.45) is 5.92 Å². The van der Waals surface area contributed by atoms with Crippen LogP contribution in [0.1, 0.15) is 57.1 Å². The molecule has 2 aromatic heterocycles. The maximum absolute atomic E-state index is 17.3. The zero-order valence-electron chi connectivity index (χ0n) is 29.3. The number of carbonyl (C=O) groups excluding carboxylic acids is 1. The number of likely N-dealkylation sites (N-methyl/N-ethyl adjacent to an activating group) is 1. The van der Waals surface area contributed by atoms with Gasteiger partial charge in [-0.3, -0.25) is 9.69 Å². The fourth-order valence-electron chi connectivity index (χ4n) is 8.87. The van der Waals surface area contributed by atoms with Crippen molar-refractivity contribution < 1.29 is 40.3 Å². The van der Waals surface area contributed by atoms with E-state index in [0.717, 1.165) is 24.6 Å². The molecule has 3 saturated heterocycles. The maximum Gasteiger partial charge on any atom is 0.417 e. The van der Waals surface area contributed by atoms with Crippen molar-refractivity contribution in [3.8, 4) is 23.2 Å². The molecule has 1 amide bonds. The van der Waals surface area contributed by atoms with Crippen LogP contribution >= 0.6 is 11.3 Å². The number of rotatable bonds is 8. The van der Waals surface area contributed by atoms with Gasteiger partial charge in [-0.1, -0.05) is 6.07 Å². The molecule has 1 aliphatic carbocycles. The lowest BCUT2D eigenvalue weighted by atomic mass is 9.92. The van der Waals surface area contributed by atoms with Gasteiger partial charge in [0.1, 0.15) is 47.2 Å². The number of nitrogens with two attached hydrogens (primary N) is 1. The molecule has 9 nitrogen and oxygen atoms in total. The summed E-state index contributed by atoms with van der Waals surface area (Å²) in [7, 11) is 0. The van der Waals surface area contributed by atoms with E-state index in [9.17, 15) is 23.2 Å². The van der Waals surface area contributed by atoms with Gasteiger partial charge >= 0.3 is 12.2 Å². The van der Waals surface area contributed by atoms with Crippen molar-refractivity contribution in [3.63, 3.8) is 0 Å². The van der Waals surface area contributed by atoms with Crippen LogP contribution in [0.3, 0.4) is 0 Å². The third-order valence-electron chi connectivity index (χ3n) is 11.5. The quantitative estimate of drug-likeness (QED) is 0.185. The molecule has 0 spiro atoms. The molecule has 4 fully saturated rings. The molecule has 17 heteroatoms. The van der Waals surface area contributed by atoms with Crippen LogP contribution in [-0.4, -0.2) is 88.4 Å². The minimum absolute atomic E-state index is 0.0492. The molecule has 4 aliphatic rings. The van der Waals surface area contributed by atoms with Gasteiger partial charge in [0.2, 0.25) is 5.91 Å². The summed E-state index contributed by atoms with van der Waals surface area (Å²) in [5.41, 5.74) is 1.74. The number of carbonyl (C=O) groups is 1. The van der Waals surface area contributed by atoms with Crippen LogP contribution in [0, 0.1) is 28.9 Å². The Morgan fingerprint density at radius 3 is 2.65 bits per heavy atom. The molecule has 4 aromatic rings. The summed E-state index contributed by atoms with van der Waals surface area (Å²) in [4.78, 5) is 27.3. The van der Waals surface area contributed by atoms with Crippen LogP contribution in [0.2, 0.25) is 0 Å². The summed E-state index contributed by atoms with van der Waals surface area (Å²) in [6.07, 6.45) is -5.28. The average molecular weight is 776 g/mol. The van der Waals surface area contributed by atoms with Crippen molar-refractivity contribution in [3.05, 3.63) is 41.0 Å². The molecular formula is C37H36F7N7O2S. The number of ether oxygens (including phenoxy) is 1. The topological polar surface area (TPSA) is 112 Å². The van der Waals surface area contributed by atoms with Gasteiger partial charge < -0.3 is 20.3 Å². The first-order valence-electron chi connectivity index (χ1n) is 17.9. The number of nitrogens with zero attached hydrogens (tertiary/aromatic N) is 6. The predicted molar refractivity (Wildman–Crippen MR) is 189 cm³/mol. The molecule has 0 radical (unpaired) electrons. The molecule has 5 heterocycles. The molecule has 54 heavy (non-hydrogen) atoms. The van der Waals surface area contributed by atoms with Crippen molar-refractivity contribution in [1.82, 2.24) is 19.8 Å². The summed E-state index contributed by atoms with van der Waals surface area (Å²) in [5.74, 6) is -3.39. The van der Waals surface area contributed by atoms with Crippen LogP contribution in [0.25, 0.3) is 32.1 Å².